The van der Waals surface area contributed by atoms with Crippen LogP contribution in [0.15, 0.2) is 104 Å². The largest absolute Gasteiger partial charge is 0.387 e. The fourth-order valence-electron chi connectivity index (χ4n) is 3.53. The Hall–Kier alpha value is -3.09. The lowest BCUT2D eigenvalue weighted by atomic mass is 9.86. The van der Waals surface area contributed by atoms with Gasteiger partial charge in [0.05, 0.1) is 11.5 Å². The number of benzene rings is 3. The van der Waals surface area contributed by atoms with Gasteiger partial charge in [0.1, 0.15) is 0 Å². The minimum Gasteiger partial charge on any atom is -0.387 e. The van der Waals surface area contributed by atoms with Crippen LogP contribution in [0, 0.1) is 0 Å². The highest BCUT2D eigenvalue weighted by molar-refractivity contribution is 7.98. The van der Waals surface area contributed by atoms with Gasteiger partial charge < -0.3 is 5.73 Å². The zero-order valence-electron chi connectivity index (χ0n) is 17.7. The predicted molar refractivity (Wildman–Crippen MR) is 136 cm³/mol. The number of hydrogen-bond acceptors (Lipinski definition) is 3. The summed E-state index contributed by atoms with van der Waals surface area (Å²) in [5.74, 6) is 1.09. The van der Waals surface area contributed by atoms with Crippen LogP contribution >= 0.6 is 23.5 Å². The Balaban J connectivity index is 1.72. The molecule has 1 heterocycles. The van der Waals surface area contributed by atoms with E-state index in [0.29, 0.717) is 23.4 Å². The Bertz CT molecular complexity index is 1120. The van der Waals surface area contributed by atoms with Gasteiger partial charge in [-0.25, -0.2) is 5.01 Å². The van der Waals surface area contributed by atoms with Crippen molar-refractivity contribution in [3.63, 3.8) is 0 Å². The molecule has 0 saturated heterocycles. The number of nitrogens with two attached hydrogens (primary N) is 1. The van der Waals surface area contributed by atoms with Gasteiger partial charge in [0, 0.05) is 34.3 Å². The number of guanidine groups is 1. The third kappa shape index (κ3) is 5.58. The number of hydrogen-bond donors (Lipinski definition) is 1. The van der Waals surface area contributed by atoms with Gasteiger partial charge in [0.2, 0.25) is 0 Å². The van der Waals surface area contributed by atoms with Crippen molar-refractivity contribution in [1.29, 1.82) is 0 Å². The molecule has 1 aliphatic heterocycles. The van der Waals surface area contributed by atoms with Crippen molar-refractivity contribution >= 4 is 41.1 Å². The third-order valence-electron chi connectivity index (χ3n) is 5.01. The molecule has 2 N–H and O–H groups in total. The third-order valence-corrected chi connectivity index (χ3v) is 6.00. The van der Waals surface area contributed by atoms with Crippen LogP contribution in [0.4, 0.5) is 0 Å². The lowest BCUT2D eigenvalue weighted by molar-refractivity contribution is 0.400. The van der Waals surface area contributed by atoms with E-state index < -0.39 is 0 Å². The fraction of sp³-hybridized carbons (Fsp3) is 0.160. The Kier molecular flexibility index (Phi) is 7.24. The van der Waals surface area contributed by atoms with Crippen LogP contribution in [-0.4, -0.2) is 29.1 Å². The molecule has 4 rings (SSSR count). The van der Waals surface area contributed by atoms with E-state index in [-0.39, 0.29) is 5.92 Å². The number of nitrogens with zero attached hydrogens (tertiary/aromatic N) is 4. The van der Waals surface area contributed by atoms with Crippen molar-refractivity contribution in [2.45, 2.75) is 24.2 Å². The number of rotatable bonds is 4. The van der Waals surface area contributed by atoms with E-state index in [2.05, 4.69) is 33.7 Å². The molecule has 3 aromatic rings. The molecule has 3 aromatic carbocycles. The summed E-state index contributed by atoms with van der Waals surface area (Å²) < 4.78 is 4.66. The van der Waals surface area contributed by atoms with Crippen molar-refractivity contribution in [2.24, 2.45) is 20.2 Å². The summed E-state index contributed by atoms with van der Waals surface area (Å²) in [5, 5.41) is 7.55. The van der Waals surface area contributed by atoms with Crippen LogP contribution in [0.3, 0.4) is 0 Å². The van der Waals surface area contributed by atoms with Crippen molar-refractivity contribution in [3.05, 3.63) is 101 Å². The van der Waals surface area contributed by atoms with Crippen LogP contribution < -0.4 is 5.73 Å². The van der Waals surface area contributed by atoms with E-state index in [4.69, 9.17) is 22.4 Å². The minimum absolute atomic E-state index is 0.166. The zero-order valence-corrected chi connectivity index (χ0v) is 19.3. The second-order valence-corrected chi connectivity index (χ2v) is 8.69. The monoisotopic (exact) mass is 461 g/mol. The van der Waals surface area contributed by atoms with Crippen molar-refractivity contribution in [2.75, 3.05) is 6.54 Å². The second kappa shape index (κ2) is 10.5. The number of amidine groups is 1. The number of hydrazone groups is 1. The molecule has 0 amide bonds. The van der Waals surface area contributed by atoms with Gasteiger partial charge in [0.15, 0.2) is 0 Å². The average molecular weight is 462 g/mol. The predicted octanol–water partition coefficient (Wildman–Crippen LogP) is 5.97. The van der Waals surface area contributed by atoms with Gasteiger partial charge in [-0.2, -0.15) is 14.5 Å². The molecule has 0 fully saturated rings. The Morgan fingerprint density at radius 1 is 1.00 bits per heavy atom. The smallest absolute Gasteiger partial charge is 0.255 e. The van der Waals surface area contributed by atoms with Crippen LogP contribution in [-0.2, 0) is 0 Å². The SMILES string of the molecule is C/C(N)=N\C(=N\Sc1ccccc1)N1CCC(c2ccccc2)C(c2ccc(Cl)cc2)=N1. The Labute approximate surface area is 197 Å². The summed E-state index contributed by atoms with van der Waals surface area (Å²) >= 11 is 7.49. The van der Waals surface area contributed by atoms with Gasteiger partial charge in [-0.3, -0.25) is 0 Å². The highest BCUT2D eigenvalue weighted by Crippen LogP contribution is 2.31. The molecule has 7 heteroatoms. The first-order chi connectivity index (χ1) is 15.6. The summed E-state index contributed by atoms with van der Waals surface area (Å²) in [5.41, 5.74) is 9.14. The molecule has 0 aliphatic carbocycles. The Morgan fingerprint density at radius 3 is 2.31 bits per heavy atom. The molecule has 1 unspecified atom stereocenters. The molecule has 0 bridgehead atoms. The quantitative estimate of drug-likeness (QED) is 0.295. The van der Waals surface area contributed by atoms with Crippen LogP contribution in [0.5, 0.6) is 0 Å². The molecule has 32 heavy (non-hydrogen) atoms. The topological polar surface area (TPSA) is 66.3 Å². The summed E-state index contributed by atoms with van der Waals surface area (Å²) in [4.78, 5) is 5.50. The van der Waals surface area contributed by atoms with E-state index in [0.717, 1.165) is 22.6 Å². The second-order valence-electron chi connectivity index (χ2n) is 7.42. The van der Waals surface area contributed by atoms with Gasteiger partial charge in [-0.05, 0) is 48.7 Å². The first-order valence-corrected chi connectivity index (χ1v) is 11.5. The lowest BCUT2D eigenvalue weighted by Gasteiger charge is -2.30. The summed E-state index contributed by atoms with van der Waals surface area (Å²) in [7, 11) is 0. The minimum atomic E-state index is 0.166. The van der Waals surface area contributed by atoms with Gasteiger partial charge in [-0.15, -0.1) is 0 Å². The van der Waals surface area contributed by atoms with Crippen LogP contribution in [0.1, 0.15) is 30.4 Å². The van der Waals surface area contributed by atoms with Gasteiger partial charge >= 0.3 is 0 Å². The number of aliphatic imine (C=N–C) groups is 1. The molecular formula is C25H24ClN5S. The van der Waals surface area contributed by atoms with E-state index in [9.17, 15) is 0 Å². The van der Waals surface area contributed by atoms with Crippen LogP contribution in [0.25, 0.3) is 0 Å². The molecule has 162 valence electrons. The highest BCUT2D eigenvalue weighted by Gasteiger charge is 2.28. The summed E-state index contributed by atoms with van der Waals surface area (Å²) in [6.07, 6.45) is 0.875. The molecule has 0 saturated carbocycles. The van der Waals surface area contributed by atoms with Crippen LogP contribution in [0.2, 0.25) is 5.02 Å². The van der Waals surface area contributed by atoms with E-state index >= 15 is 0 Å². The summed E-state index contributed by atoms with van der Waals surface area (Å²) in [6.45, 7) is 2.44. The fourth-order valence-corrected chi connectivity index (χ4v) is 4.26. The van der Waals surface area contributed by atoms with Crippen molar-refractivity contribution in [1.82, 2.24) is 5.01 Å². The standard InChI is InChI=1S/C25H24ClN5S/c1-18(27)28-25(30-32-22-10-6-3-7-11-22)31-17-16-23(19-8-4-2-5-9-19)24(29-31)20-12-14-21(26)15-13-20/h2-15,23H,16-17H2,1H3,(H2,27,28,30). The highest BCUT2D eigenvalue weighted by atomic mass is 35.5. The first kappa shape index (κ1) is 22.1. The van der Waals surface area contributed by atoms with Gasteiger partial charge in [-0.1, -0.05) is 72.3 Å². The van der Waals surface area contributed by atoms with Crippen molar-refractivity contribution in [3.8, 4) is 0 Å². The van der Waals surface area contributed by atoms with E-state index in [1.165, 1.54) is 17.5 Å². The van der Waals surface area contributed by atoms with E-state index in [1.54, 1.807) is 6.92 Å². The molecule has 1 atom stereocenters. The first-order valence-electron chi connectivity index (χ1n) is 10.4. The number of halogens is 1. The Morgan fingerprint density at radius 2 is 1.66 bits per heavy atom. The molecule has 1 aliphatic rings. The molecule has 0 spiro atoms. The molecule has 5 nitrogen and oxygen atoms in total. The molecule has 0 radical (unpaired) electrons. The zero-order chi connectivity index (χ0) is 22.3. The normalized spacial score (nSPS) is 17.2. The maximum atomic E-state index is 6.14. The maximum Gasteiger partial charge on any atom is 0.255 e. The maximum absolute atomic E-state index is 6.14. The summed E-state index contributed by atoms with van der Waals surface area (Å²) in [6, 6.07) is 28.2. The average Bonchev–Trinajstić information content (AvgIpc) is 2.83. The van der Waals surface area contributed by atoms with Gasteiger partial charge in [0.25, 0.3) is 5.96 Å². The lowest BCUT2D eigenvalue weighted by Crippen LogP contribution is -2.35. The van der Waals surface area contributed by atoms with E-state index in [1.807, 2.05) is 65.7 Å². The molecule has 0 aromatic heterocycles. The van der Waals surface area contributed by atoms with Crippen molar-refractivity contribution < 1.29 is 0 Å². The molecular weight excluding hydrogens is 438 g/mol.